The van der Waals surface area contributed by atoms with E-state index < -0.39 is 0 Å². The summed E-state index contributed by atoms with van der Waals surface area (Å²) in [6, 6.07) is 26.1. The fraction of sp³-hybridized carbons (Fsp3) is 0.0476. The SMILES string of the molecule is O=C(Cn1nnc(-c2ccccc2)n1)Nc1ccc(Oc2ccccc2)cc1. The van der Waals surface area contributed by atoms with Crippen LogP contribution >= 0.6 is 0 Å². The lowest BCUT2D eigenvalue weighted by Crippen LogP contribution is -2.20. The van der Waals surface area contributed by atoms with E-state index in [0.29, 0.717) is 17.3 Å². The van der Waals surface area contributed by atoms with Crippen LogP contribution in [0.25, 0.3) is 11.4 Å². The van der Waals surface area contributed by atoms with Crippen LogP contribution in [0, 0.1) is 0 Å². The molecule has 7 nitrogen and oxygen atoms in total. The summed E-state index contributed by atoms with van der Waals surface area (Å²) in [4.78, 5) is 13.5. The third-order valence-electron chi connectivity index (χ3n) is 3.89. The molecular weight excluding hydrogens is 354 g/mol. The Labute approximate surface area is 161 Å². The fourth-order valence-corrected chi connectivity index (χ4v) is 2.57. The number of amides is 1. The van der Waals surface area contributed by atoms with Crippen molar-refractivity contribution in [2.45, 2.75) is 6.54 Å². The smallest absolute Gasteiger partial charge is 0.248 e. The summed E-state index contributed by atoms with van der Waals surface area (Å²) in [6.07, 6.45) is 0. The molecule has 7 heteroatoms. The molecule has 0 radical (unpaired) electrons. The lowest BCUT2D eigenvalue weighted by molar-refractivity contribution is -0.117. The molecule has 0 fully saturated rings. The van der Waals surface area contributed by atoms with Crippen LogP contribution in [0.5, 0.6) is 11.5 Å². The summed E-state index contributed by atoms with van der Waals surface area (Å²) >= 11 is 0. The van der Waals surface area contributed by atoms with Crippen LogP contribution in [-0.4, -0.2) is 26.1 Å². The molecule has 1 heterocycles. The normalized spacial score (nSPS) is 10.4. The molecule has 4 rings (SSSR count). The van der Waals surface area contributed by atoms with Gasteiger partial charge in [-0.1, -0.05) is 48.5 Å². The summed E-state index contributed by atoms with van der Waals surface area (Å²) in [5, 5.41) is 15.0. The molecule has 3 aromatic carbocycles. The summed E-state index contributed by atoms with van der Waals surface area (Å²) in [5.41, 5.74) is 1.51. The molecule has 0 unspecified atom stereocenters. The highest BCUT2D eigenvalue weighted by molar-refractivity contribution is 5.90. The van der Waals surface area contributed by atoms with Crippen molar-refractivity contribution in [1.82, 2.24) is 20.2 Å². The van der Waals surface area contributed by atoms with Crippen molar-refractivity contribution in [1.29, 1.82) is 0 Å². The standard InChI is InChI=1S/C21H17N5O2/c27-20(15-26-24-21(23-25-26)16-7-3-1-4-8-16)22-17-11-13-19(14-12-17)28-18-9-5-2-6-10-18/h1-14H,15H2,(H,22,27). The van der Waals surface area contributed by atoms with Crippen LogP contribution in [0.15, 0.2) is 84.9 Å². The van der Waals surface area contributed by atoms with Crippen LogP contribution in [0.3, 0.4) is 0 Å². The number of benzene rings is 3. The predicted octanol–water partition coefficient (Wildman–Crippen LogP) is 3.77. The number of carbonyl (C=O) groups excluding carboxylic acids is 1. The van der Waals surface area contributed by atoms with Gasteiger partial charge in [-0.25, -0.2) is 0 Å². The van der Waals surface area contributed by atoms with E-state index in [9.17, 15) is 4.79 Å². The van der Waals surface area contributed by atoms with Crippen molar-refractivity contribution < 1.29 is 9.53 Å². The predicted molar refractivity (Wildman–Crippen MR) is 105 cm³/mol. The highest BCUT2D eigenvalue weighted by Crippen LogP contribution is 2.22. The summed E-state index contributed by atoms with van der Waals surface area (Å²) in [6.45, 7) is -0.0257. The number of para-hydroxylation sites is 1. The van der Waals surface area contributed by atoms with E-state index in [1.54, 1.807) is 24.3 Å². The van der Waals surface area contributed by atoms with Crippen LogP contribution in [0.2, 0.25) is 0 Å². The molecule has 138 valence electrons. The van der Waals surface area contributed by atoms with Gasteiger partial charge in [-0.05, 0) is 41.6 Å². The number of nitrogens with one attached hydrogen (secondary N) is 1. The Balaban J connectivity index is 1.34. The van der Waals surface area contributed by atoms with Gasteiger partial charge in [0, 0.05) is 11.3 Å². The number of hydrogen-bond acceptors (Lipinski definition) is 5. The van der Waals surface area contributed by atoms with Crippen molar-refractivity contribution in [3.63, 3.8) is 0 Å². The summed E-state index contributed by atoms with van der Waals surface area (Å²) in [7, 11) is 0. The molecule has 0 aliphatic heterocycles. The third-order valence-corrected chi connectivity index (χ3v) is 3.89. The minimum absolute atomic E-state index is 0.0257. The number of ether oxygens (including phenoxy) is 1. The Morgan fingerprint density at radius 2 is 1.50 bits per heavy atom. The molecule has 0 aliphatic rings. The van der Waals surface area contributed by atoms with Gasteiger partial charge in [-0.2, -0.15) is 4.80 Å². The summed E-state index contributed by atoms with van der Waals surface area (Å²) < 4.78 is 5.73. The molecule has 0 aliphatic carbocycles. The number of anilines is 1. The van der Waals surface area contributed by atoms with E-state index in [2.05, 4.69) is 20.7 Å². The molecule has 1 amide bonds. The zero-order chi connectivity index (χ0) is 19.2. The van der Waals surface area contributed by atoms with Gasteiger partial charge in [0.05, 0.1) is 0 Å². The van der Waals surface area contributed by atoms with Crippen LogP contribution in [0.1, 0.15) is 0 Å². The van der Waals surface area contributed by atoms with Crippen molar-refractivity contribution >= 4 is 11.6 Å². The number of nitrogens with zero attached hydrogens (tertiary/aromatic N) is 4. The maximum atomic E-state index is 12.2. The Kier molecular flexibility index (Phi) is 5.06. The molecule has 1 aromatic heterocycles. The molecule has 0 atom stereocenters. The lowest BCUT2D eigenvalue weighted by Gasteiger charge is -2.07. The first-order valence-electron chi connectivity index (χ1n) is 8.72. The first-order chi connectivity index (χ1) is 13.8. The van der Waals surface area contributed by atoms with Crippen LogP contribution in [-0.2, 0) is 11.3 Å². The average molecular weight is 371 g/mol. The van der Waals surface area contributed by atoms with Gasteiger partial charge in [0.25, 0.3) is 0 Å². The molecular formula is C21H17N5O2. The topological polar surface area (TPSA) is 81.9 Å². The van der Waals surface area contributed by atoms with Crippen molar-refractivity contribution in [2.75, 3.05) is 5.32 Å². The monoisotopic (exact) mass is 371 g/mol. The van der Waals surface area contributed by atoms with E-state index >= 15 is 0 Å². The van der Waals surface area contributed by atoms with Gasteiger partial charge in [0.2, 0.25) is 11.7 Å². The van der Waals surface area contributed by atoms with Crippen molar-refractivity contribution in [2.24, 2.45) is 0 Å². The first-order valence-corrected chi connectivity index (χ1v) is 8.72. The van der Waals surface area contributed by atoms with Crippen molar-refractivity contribution in [3.05, 3.63) is 84.9 Å². The zero-order valence-electron chi connectivity index (χ0n) is 14.9. The minimum atomic E-state index is -0.242. The maximum absolute atomic E-state index is 12.2. The van der Waals surface area contributed by atoms with E-state index in [1.165, 1.54) is 4.80 Å². The van der Waals surface area contributed by atoms with Gasteiger partial charge in [-0.15, -0.1) is 10.2 Å². The quantitative estimate of drug-likeness (QED) is 0.558. The Morgan fingerprint density at radius 3 is 2.21 bits per heavy atom. The lowest BCUT2D eigenvalue weighted by atomic mass is 10.2. The molecule has 28 heavy (non-hydrogen) atoms. The van der Waals surface area contributed by atoms with Crippen LogP contribution in [0.4, 0.5) is 5.69 Å². The second-order valence-corrected chi connectivity index (χ2v) is 6.00. The second-order valence-electron chi connectivity index (χ2n) is 6.00. The van der Waals surface area contributed by atoms with Crippen molar-refractivity contribution in [3.8, 4) is 22.9 Å². The Hall–Kier alpha value is -4.00. The number of aromatic nitrogens is 4. The zero-order valence-corrected chi connectivity index (χ0v) is 14.9. The van der Waals surface area contributed by atoms with E-state index in [4.69, 9.17) is 4.74 Å². The molecule has 0 saturated heterocycles. The molecule has 1 N–H and O–H groups in total. The highest BCUT2D eigenvalue weighted by Gasteiger charge is 2.09. The van der Waals surface area contributed by atoms with Gasteiger partial charge in [-0.3, -0.25) is 4.79 Å². The molecule has 0 bridgehead atoms. The number of rotatable bonds is 6. The van der Waals surface area contributed by atoms with E-state index in [1.807, 2.05) is 60.7 Å². The molecule has 4 aromatic rings. The van der Waals surface area contributed by atoms with Gasteiger partial charge in [0.1, 0.15) is 18.0 Å². The van der Waals surface area contributed by atoms with Gasteiger partial charge in [0.15, 0.2) is 0 Å². The number of carbonyl (C=O) groups is 1. The average Bonchev–Trinajstić information content (AvgIpc) is 3.19. The largest absolute Gasteiger partial charge is 0.457 e. The summed E-state index contributed by atoms with van der Waals surface area (Å²) in [5.74, 6) is 1.69. The Morgan fingerprint density at radius 1 is 0.857 bits per heavy atom. The van der Waals surface area contributed by atoms with Gasteiger partial charge >= 0.3 is 0 Å². The van der Waals surface area contributed by atoms with E-state index in [-0.39, 0.29) is 12.5 Å². The third kappa shape index (κ3) is 4.39. The van der Waals surface area contributed by atoms with E-state index in [0.717, 1.165) is 11.3 Å². The van der Waals surface area contributed by atoms with Gasteiger partial charge < -0.3 is 10.1 Å². The fourth-order valence-electron chi connectivity index (χ4n) is 2.57. The minimum Gasteiger partial charge on any atom is -0.457 e. The second kappa shape index (κ2) is 8.13. The Bertz CT molecular complexity index is 1050. The van der Waals surface area contributed by atoms with Crippen LogP contribution < -0.4 is 10.1 Å². The molecule has 0 saturated carbocycles. The number of tetrazole rings is 1. The maximum Gasteiger partial charge on any atom is 0.248 e. The number of hydrogen-bond donors (Lipinski definition) is 1. The first kappa shape index (κ1) is 17.4. The highest BCUT2D eigenvalue weighted by atomic mass is 16.5. The molecule has 0 spiro atoms.